The summed E-state index contributed by atoms with van der Waals surface area (Å²) in [6, 6.07) is 0. The van der Waals surface area contributed by atoms with Gasteiger partial charge in [0.05, 0.1) is 7.11 Å². The van der Waals surface area contributed by atoms with Crippen LogP contribution in [0.15, 0.2) is 0 Å². The first-order chi connectivity index (χ1) is 9.49. The van der Waals surface area contributed by atoms with E-state index in [0.717, 1.165) is 37.0 Å². The smallest absolute Gasteiger partial charge is 0.409 e. The predicted octanol–water partition coefficient (Wildman–Crippen LogP) is 1.77. The molecule has 4 bridgehead atoms. The van der Waals surface area contributed by atoms with Crippen molar-refractivity contribution >= 4 is 12.0 Å². The number of ether oxygens (including phenoxy) is 1. The summed E-state index contributed by atoms with van der Waals surface area (Å²) < 4.78 is 4.61. The Labute approximate surface area is 120 Å². The molecule has 0 radical (unpaired) electrons. The number of methoxy groups -OCH3 is 1. The van der Waals surface area contributed by atoms with Crippen molar-refractivity contribution in [2.75, 3.05) is 20.7 Å². The topological polar surface area (TPSA) is 58.6 Å². The minimum absolute atomic E-state index is 0.0167. The molecule has 5 nitrogen and oxygen atoms in total. The fourth-order valence-electron chi connectivity index (χ4n) is 5.03. The van der Waals surface area contributed by atoms with Crippen LogP contribution in [-0.2, 0) is 9.53 Å². The second kappa shape index (κ2) is 4.93. The maximum absolute atomic E-state index is 12.2. The third-order valence-electron chi connectivity index (χ3n) is 5.31. The third-order valence-corrected chi connectivity index (χ3v) is 5.31. The number of rotatable bonds is 3. The lowest BCUT2D eigenvalue weighted by molar-refractivity contribution is -0.127. The van der Waals surface area contributed by atoms with E-state index in [9.17, 15) is 9.59 Å². The van der Waals surface area contributed by atoms with Gasteiger partial charge in [-0.1, -0.05) is 0 Å². The Bertz CT molecular complexity index is 386. The quantitative estimate of drug-likeness (QED) is 0.857. The summed E-state index contributed by atoms with van der Waals surface area (Å²) in [6.07, 6.45) is 7.00. The molecule has 0 aromatic carbocycles. The number of carbonyl (C=O) groups excluding carboxylic acids is 2. The average Bonchev–Trinajstić information content (AvgIpc) is 2.34. The minimum Gasteiger partial charge on any atom is -0.453 e. The normalized spacial score (nSPS) is 37.6. The number of likely N-dealkylation sites (N-methyl/N-ethyl adjacent to an activating group) is 1. The zero-order valence-corrected chi connectivity index (χ0v) is 12.4. The lowest BCUT2D eigenvalue weighted by Gasteiger charge is -2.57. The van der Waals surface area contributed by atoms with Crippen LogP contribution in [0.3, 0.4) is 0 Å². The largest absolute Gasteiger partial charge is 0.453 e. The molecule has 4 saturated carbocycles. The van der Waals surface area contributed by atoms with Crippen LogP contribution in [0.5, 0.6) is 0 Å². The molecule has 4 rings (SSSR count). The Morgan fingerprint density at radius 2 is 1.65 bits per heavy atom. The van der Waals surface area contributed by atoms with Gasteiger partial charge in [-0.2, -0.15) is 0 Å². The molecular formula is C15H24N2O3. The van der Waals surface area contributed by atoms with Gasteiger partial charge < -0.3 is 15.0 Å². The van der Waals surface area contributed by atoms with Crippen molar-refractivity contribution in [3.63, 3.8) is 0 Å². The second-order valence-electron chi connectivity index (χ2n) is 7.07. The number of amides is 2. The summed E-state index contributed by atoms with van der Waals surface area (Å²) in [6.45, 7) is 0.0778. The molecule has 0 atom stereocenters. The molecule has 0 heterocycles. The van der Waals surface area contributed by atoms with Gasteiger partial charge in [-0.25, -0.2) is 4.79 Å². The molecule has 4 aliphatic carbocycles. The van der Waals surface area contributed by atoms with Gasteiger partial charge in [-0.3, -0.25) is 4.79 Å². The van der Waals surface area contributed by atoms with Crippen molar-refractivity contribution in [1.29, 1.82) is 0 Å². The van der Waals surface area contributed by atoms with Gasteiger partial charge in [-0.15, -0.1) is 0 Å². The number of nitrogens with zero attached hydrogens (tertiary/aromatic N) is 1. The molecule has 0 aliphatic heterocycles. The molecule has 5 heteroatoms. The Morgan fingerprint density at radius 1 is 1.15 bits per heavy atom. The standard InChI is InChI=1S/C15H24N2O3/c1-17(14(19)20-2)9-13(18)16-15-6-10-3-11(7-15)5-12(4-10)8-15/h10-12H,3-9H2,1-2H3,(H,16,18). The zero-order chi connectivity index (χ0) is 14.3. The fraction of sp³-hybridized carbons (Fsp3) is 0.867. The van der Waals surface area contributed by atoms with E-state index in [4.69, 9.17) is 0 Å². The highest BCUT2D eigenvalue weighted by molar-refractivity contribution is 5.82. The Morgan fingerprint density at radius 3 is 2.10 bits per heavy atom. The van der Waals surface area contributed by atoms with E-state index in [1.54, 1.807) is 7.05 Å². The minimum atomic E-state index is -0.467. The van der Waals surface area contributed by atoms with Crippen LogP contribution in [0.2, 0.25) is 0 Å². The first-order valence-corrected chi connectivity index (χ1v) is 7.60. The third kappa shape index (κ3) is 2.50. The van der Waals surface area contributed by atoms with Crippen LogP contribution in [-0.4, -0.2) is 43.1 Å². The van der Waals surface area contributed by atoms with Gasteiger partial charge in [0.1, 0.15) is 6.54 Å². The number of carbonyl (C=O) groups is 2. The summed E-state index contributed by atoms with van der Waals surface area (Å²) >= 11 is 0. The highest BCUT2D eigenvalue weighted by Gasteiger charge is 2.51. The van der Waals surface area contributed by atoms with Crippen molar-refractivity contribution in [3.05, 3.63) is 0 Å². The number of hydrogen-bond acceptors (Lipinski definition) is 3. The van der Waals surface area contributed by atoms with Gasteiger partial charge >= 0.3 is 6.09 Å². The molecular weight excluding hydrogens is 256 g/mol. The van der Waals surface area contributed by atoms with Crippen molar-refractivity contribution in [2.24, 2.45) is 17.8 Å². The SMILES string of the molecule is COC(=O)N(C)CC(=O)NC12CC3CC(CC(C3)C1)C2. The molecule has 0 spiro atoms. The Balaban J connectivity index is 1.60. The lowest BCUT2D eigenvalue weighted by Crippen LogP contribution is -2.61. The number of nitrogens with one attached hydrogen (secondary N) is 1. The van der Waals surface area contributed by atoms with E-state index in [0.29, 0.717) is 0 Å². The summed E-state index contributed by atoms with van der Waals surface area (Å²) in [5.74, 6) is 2.36. The van der Waals surface area contributed by atoms with Gasteiger partial charge in [0, 0.05) is 12.6 Å². The summed E-state index contributed by atoms with van der Waals surface area (Å²) in [4.78, 5) is 24.8. The van der Waals surface area contributed by atoms with E-state index in [1.807, 2.05) is 0 Å². The molecule has 112 valence electrons. The van der Waals surface area contributed by atoms with Gasteiger partial charge in [0.2, 0.25) is 5.91 Å². The van der Waals surface area contributed by atoms with Crippen LogP contribution < -0.4 is 5.32 Å². The molecule has 20 heavy (non-hydrogen) atoms. The fourth-order valence-corrected chi connectivity index (χ4v) is 5.03. The summed E-state index contributed by atoms with van der Waals surface area (Å²) in [7, 11) is 2.92. The molecule has 0 unspecified atom stereocenters. The Kier molecular flexibility index (Phi) is 3.38. The highest BCUT2D eigenvalue weighted by atomic mass is 16.5. The van der Waals surface area contributed by atoms with E-state index in [2.05, 4.69) is 10.1 Å². The molecule has 0 aromatic rings. The molecule has 4 fully saturated rings. The summed E-state index contributed by atoms with van der Waals surface area (Å²) in [5, 5.41) is 3.25. The van der Waals surface area contributed by atoms with Crippen LogP contribution in [0, 0.1) is 17.8 Å². The first kappa shape index (κ1) is 13.7. The van der Waals surface area contributed by atoms with Crippen LogP contribution in [0.4, 0.5) is 4.79 Å². The molecule has 1 N–H and O–H groups in total. The van der Waals surface area contributed by atoms with Gasteiger partial charge in [0.25, 0.3) is 0 Å². The van der Waals surface area contributed by atoms with Crippen molar-refractivity contribution in [1.82, 2.24) is 10.2 Å². The second-order valence-corrected chi connectivity index (χ2v) is 7.07. The van der Waals surface area contributed by atoms with Crippen molar-refractivity contribution in [2.45, 2.75) is 44.1 Å². The van der Waals surface area contributed by atoms with Crippen LogP contribution >= 0.6 is 0 Å². The van der Waals surface area contributed by atoms with Crippen LogP contribution in [0.1, 0.15) is 38.5 Å². The van der Waals surface area contributed by atoms with Gasteiger partial charge in [-0.05, 0) is 56.3 Å². The zero-order valence-electron chi connectivity index (χ0n) is 12.4. The van der Waals surface area contributed by atoms with Crippen LogP contribution in [0.25, 0.3) is 0 Å². The lowest BCUT2D eigenvalue weighted by atomic mass is 9.53. The van der Waals surface area contributed by atoms with E-state index in [1.165, 1.54) is 31.3 Å². The molecule has 2 amide bonds. The molecule has 0 aromatic heterocycles. The predicted molar refractivity (Wildman–Crippen MR) is 74.1 cm³/mol. The van der Waals surface area contributed by atoms with E-state index in [-0.39, 0.29) is 18.0 Å². The maximum Gasteiger partial charge on any atom is 0.409 e. The summed E-state index contributed by atoms with van der Waals surface area (Å²) in [5.41, 5.74) is 0.0167. The van der Waals surface area contributed by atoms with E-state index < -0.39 is 6.09 Å². The molecule has 4 aliphatic rings. The maximum atomic E-state index is 12.2. The Hall–Kier alpha value is -1.26. The average molecular weight is 280 g/mol. The van der Waals surface area contributed by atoms with Gasteiger partial charge in [0.15, 0.2) is 0 Å². The number of hydrogen-bond donors (Lipinski definition) is 1. The van der Waals surface area contributed by atoms with E-state index >= 15 is 0 Å². The van der Waals surface area contributed by atoms with Crippen molar-refractivity contribution in [3.8, 4) is 0 Å². The first-order valence-electron chi connectivity index (χ1n) is 7.60. The monoisotopic (exact) mass is 280 g/mol. The van der Waals surface area contributed by atoms with Crippen molar-refractivity contribution < 1.29 is 14.3 Å². The highest BCUT2D eigenvalue weighted by Crippen LogP contribution is 2.55. The molecule has 0 saturated heterocycles.